The highest BCUT2D eigenvalue weighted by molar-refractivity contribution is 5.80. The van der Waals surface area contributed by atoms with Crippen molar-refractivity contribution in [1.82, 2.24) is 5.32 Å². The number of ketones is 1. The molecule has 1 heterocycles. The molecule has 1 fully saturated rings. The van der Waals surface area contributed by atoms with Crippen LogP contribution in [0.3, 0.4) is 0 Å². The van der Waals surface area contributed by atoms with E-state index in [-0.39, 0.29) is 6.10 Å². The molecular weight excluding hydrogens is 226 g/mol. The van der Waals surface area contributed by atoms with E-state index in [0.717, 1.165) is 26.1 Å². The van der Waals surface area contributed by atoms with Gasteiger partial charge >= 0.3 is 0 Å². The Kier molecular flexibility index (Phi) is 3.43. The van der Waals surface area contributed by atoms with Crippen LogP contribution in [0.5, 0.6) is 0 Å². The third-order valence-corrected chi connectivity index (χ3v) is 3.90. The lowest BCUT2D eigenvalue weighted by molar-refractivity contribution is -0.122. The van der Waals surface area contributed by atoms with Gasteiger partial charge in [0.05, 0.1) is 12.7 Å². The molecule has 96 valence electrons. The van der Waals surface area contributed by atoms with Crippen LogP contribution in [0.2, 0.25) is 0 Å². The molecule has 0 amide bonds. The smallest absolute Gasteiger partial charge is 0.136 e. The highest BCUT2D eigenvalue weighted by atomic mass is 16.5. The van der Waals surface area contributed by atoms with Gasteiger partial charge in [-0.3, -0.25) is 4.79 Å². The number of carbonyl (C=O) groups is 1. The van der Waals surface area contributed by atoms with E-state index in [4.69, 9.17) is 4.74 Å². The molecular formula is C15H19NO2. The molecule has 2 atom stereocenters. The van der Waals surface area contributed by atoms with E-state index in [1.807, 2.05) is 0 Å². The van der Waals surface area contributed by atoms with Gasteiger partial charge in [-0.15, -0.1) is 0 Å². The summed E-state index contributed by atoms with van der Waals surface area (Å²) in [4.78, 5) is 12.0. The van der Waals surface area contributed by atoms with Crippen LogP contribution in [0.4, 0.5) is 0 Å². The summed E-state index contributed by atoms with van der Waals surface area (Å²) >= 11 is 0. The number of hydrogen-bond donors (Lipinski definition) is 1. The summed E-state index contributed by atoms with van der Waals surface area (Å²) in [5.74, 6) is 0.786. The lowest BCUT2D eigenvalue weighted by atomic mass is 9.75. The van der Waals surface area contributed by atoms with Crippen molar-refractivity contribution in [2.45, 2.75) is 31.3 Å². The van der Waals surface area contributed by atoms with Crippen molar-refractivity contribution in [3.63, 3.8) is 0 Å². The van der Waals surface area contributed by atoms with Gasteiger partial charge in [0.2, 0.25) is 0 Å². The van der Waals surface area contributed by atoms with Gasteiger partial charge in [0.15, 0.2) is 0 Å². The lowest BCUT2D eigenvalue weighted by Crippen LogP contribution is -2.39. The average Bonchev–Trinajstić information content (AvgIpc) is 2.37. The third-order valence-electron chi connectivity index (χ3n) is 3.90. The van der Waals surface area contributed by atoms with Gasteiger partial charge in [0, 0.05) is 25.9 Å². The van der Waals surface area contributed by atoms with Crippen LogP contribution < -0.4 is 5.32 Å². The highest BCUT2D eigenvalue weighted by Crippen LogP contribution is 2.37. The van der Waals surface area contributed by atoms with E-state index in [1.165, 1.54) is 11.1 Å². The summed E-state index contributed by atoms with van der Waals surface area (Å²) in [6.45, 7) is 2.44. The number of morpholine rings is 1. The zero-order valence-electron chi connectivity index (χ0n) is 10.5. The Labute approximate surface area is 108 Å². The number of nitrogens with one attached hydrogen (secondary N) is 1. The molecule has 3 rings (SSSR count). The largest absolute Gasteiger partial charge is 0.375 e. The summed E-state index contributed by atoms with van der Waals surface area (Å²) in [5, 5.41) is 3.26. The molecule has 0 aromatic heterocycles. The summed E-state index contributed by atoms with van der Waals surface area (Å²) in [7, 11) is 0. The fourth-order valence-electron chi connectivity index (χ4n) is 2.91. The molecule has 1 aliphatic heterocycles. The highest BCUT2D eigenvalue weighted by Gasteiger charge is 2.28. The molecule has 0 spiro atoms. The van der Waals surface area contributed by atoms with Crippen molar-refractivity contribution < 1.29 is 9.53 Å². The number of carbonyl (C=O) groups excluding carboxylic acids is 1. The zero-order chi connectivity index (χ0) is 12.4. The van der Waals surface area contributed by atoms with Gasteiger partial charge in [0.25, 0.3) is 0 Å². The second kappa shape index (κ2) is 5.21. The predicted octanol–water partition coefficient (Wildman–Crippen LogP) is 1.66. The van der Waals surface area contributed by atoms with Crippen LogP contribution in [0, 0.1) is 0 Å². The first-order valence-electron chi connectivity index (χ1n) is 6.75. The molecule has 1 aliphatic carbocycles. The molecule has 1 aromatic rings. The van der Waals surface area contributed by atoms with Gasteiger partial charge in [-0.2, -0.15) is 0 Å². The summed E-state index contributed by atoms with van der Waals surface area (Å²) in [5.41, 5.74) is 2.78. The normalized spacial score (nSPS) is 26.2. The molecule has 3 nitrogen and oxygen atoms in total. The van der Waals surface area contributed by atoms with Crippen LogP contribution in [0.15, 0.2) is 24.3 Å². The minimum absolute atomic E-state index is 0.0848. The quantitative estimate of drug-likeness (QED) is 0.877. The minimum atomic E-state index is 0.0848. The molecule has 0 bridgehead atoms. The Hall–Kier alpha value is -1.19. The molecule has 18 heavy (non-hydrogen) atoms. The second-order valence-electron chi connectivity index (χ2n) is 5.24. The zero-order valence-corrected chi connectivity index (χ0v) is 10.5. The fraction of sp³-hybridized carbons (Fsp3) is 0.533. The summed E-state index contributed by atoms with van der Waals surface area (Å²) in [6.07, 6.45) is 2.38. The first kappa shape index (κ1) is 11.9. The van der Waals surface area contributed by atoms with Crippen molar-refractivity contribution in [3.8, 4) is 0 Å². The molecule has 1 N–H and O–H groups in total. The Morgan fingerprint density at radius 1 is 1.33 bits per heavy atom. The summed E-state index contributed by atoms with van der Waals surface area (Å²) < 4.78 is 5.57. The van der Waals surface area contributed by atoms with Crippen molar-refractivity contribution in [3.05, 3.63) is 35.4 Å². The number of fused-ring (bicyclic) bond motifs is 1. The maximum absolute atomic E-state index is 12.0. The van der Waals surface area contributed by atoms with Crippen LogP contribution in [0.1, 0.15) is 29.9 Å². The number of rotatable bonds is 4. The van der Waals surface area contributed by atoms with Crippen LogP contribution in [0.25, 0.3) is 0 Å². The van der Waals surface area contributed by atoms with Crippen molar-refractivity contribution in [2.24, 2.45) is 0 Å². The second-order valence-corrected chi connectivity index (χ2v) is 5.24. The number of ether oxygens (including phenoxy) is 1. The molecule has 2 aliphatic rings. The molecule has 0 radical (unpaired) electrons. The number of hydrogen-bond acceptors (Lipinski definition) is 3. The third kappa shape index (κ3) is 2.47. The van der Waals surface area contributed by atoms with Gasteiger partial charge < -0.3 is 10.1 Å². The van der Waals surface area contributed by atoms with E-state index in [1.54, 1.807) is 0 Å². The Balaban J connectivity index is 1.50. The van der Waals surface area contributed by atoms with E-state index in [2.05, 4.69) is 29.6 Å². The maximum Gasteiger partial charge on any atom is 0.136 e. The monoisotopic (exact) mass is 245 g/mol. The van der Waals surface area contributed by atoms with Gasteiger partial charge in [-0.25, -0.2) is 0 Å². The number of Topliss-reactive ketones (excluding diaryl/α,β-unsaturated/α-hetero) is 1. The van der Waals surface area contributed by atoms with E-state index < -0.39 is 0 Å². The molecule has 0 saturated carbocycles. The van der Waals surface area contributed by atoms with Crippen LogP contribution in [-0.4, -0.2) is 31.6 Å². The van der Waals surface area contributed by atoms with E-state index >= 15 is 0 Å². The van der Waals surface area contributed by atoms with E-state index in [0.29, 0.717) is 24.5 Å². The number of benzene rings is 1. The Morgan fingerprint density at radius 3 is 3.00 bits per heavy atom. The van der Waals surface area contributed by atoms with Crippen LogP contribution >= 0.6 is 0 Å². The molecule has 1 aromatic carbocycles. The summed E-state index contributed by atoms with van der Waals surface area (Å²) in [6, 6.07) is 8.43. The standard InChI is InChI=1S/C15H19NO2/c17-13(9-14-10-16-5-6-18-14)8-12-7-11-3-1-2-4-15(11)12/h1-4,12,14,16H,5-10H2. The van der Waals surface area contributed by atoms with Crippen molar-refractivity contribution in [2.75, 3.05) is 19.7 Å². The topological polar surface area (TPSA) is 38.3 Å². The minimum Gasteiger partial charge on any atom is -0.375 e. The Bertz CT molecular complexity index is 438. The first-order chi connectivity index (χ1) is 8.83. The molecule has 2 unspecified atom stereocenters. The SMILES string of the molecule is O=C(CC1CNCCO1)CC1Cc2ccccc21. The lowest BCUT2D eigenvalue weighted by Gasteiger charge is -2.30. The van der Waals surface area contributed by atoms with Crippen molar-refractivity contribution >= 4 is 5.78 Å². The van der Waals surface area contributed by atoms with Gasteiger partial charge in [-0.05, 0) is 23.5 Å². The average molecular weight is 245 g/mol. The first-order valence-corrected chi connectivity index (χ1v) is 6.75. The fourth-order valence-corrected chi connectivity index (χ4v) is 2.91. The molecule has 3 heteroatoms. The molecule has 1 saturated heterocycles. The van der Waals surface area contributed by atoms with Gasteiger partial charge in [0.1, 0.15) is 5.78 Å². The van der Waals surface area contributed by atoms with Crippen molar-refractivity contribution in [1.29, 1.82) is 0 Å². The van der Waals surface area contributed by atoms with Gasteiger partial charge in [-0.1, -0.05) is 24.3 Å². The maximum atomic E-state index is 12.0. The van der Waals surface area contributed by atoms with Crippen LogP contribution in [-0.2, 0) is 16.0 Å². The predicted molar refractivity (Wildman–Crippen MR) is 69.7 cm³/mol. The Morgan fingerprint density at radius 2 is 2.22 bits per heavy atom. The van der Waals surface area contributed by atoms with E-state index in [9.17, 15) is 4.79 Å².